The Kier molecular flexibility index (Phi) is 6.70. The molecule has 0 saturated carbocycles. The van der Waals surface area contributed by atoms with Gasteiger partial charge in [0.25, 0.3) is 11.7 Å². The lowest BCUT2D eigenvalue weighted by atomic mass is 10.1. The van der Waals surface area contributed by atoms with Gasteiger partial charge in [0.1, 0.15) is 19.3 Å². The summed E-state index contributed by atoms with van der Waals surface area (Å²) in [6, 6.07) is 14.7. The van der Waals surface area contributed by atoms with Gasteiger partial charge in [-0.25, -0.2) is 0 Å². The van der Waals surface area contributed by atoms with Crippen LogP contribution in [0.2, 0.25) is 0 Å². The van der Waals surface area contributed by atoms with Crippen molar-refractivity contribution in [2.24, 2.45) is 0 Å². The van der Waals surface area contributed by atoms with Crippen molar-refractivity contribution in [2.45, 2.75) is 38.3 Å². The maximum Gasteiger partial charge on any atom is 0.292 e. The van der Waals surface area contributed by atoms with Crippen LogP contribution in [0.5, 0.6) is 11.5 Å². The molecule has 5 rings (SSSR count). The van der Waals surface area contributed by atoms with Gasteiger partial charge in [-0.15, -0.1) is 0 Å². The molecule has 1 unspecified atom stereocenters. The number of Topliss-reactive ketones (excluding diaryl/α,β-unsaturated/α-hetero) is 1. The molecule has 35 heavy (non-hydrogen) atoms. The highest BCUT2D eigenvalue weighted by molar-refractivity contribution is 6.45. The van der Waals surface area contributed by atoms with E-state index in [2.05, 4.69) is 5.32 Å². The Labute approximate surface area is 203 Å². The average molecular weight is 476 g/mol. The molecule has 1 N–H and O–H groups in total. The number of carbonyl (C=O) groups excluding carboxylic acids is 3. The standard InChI is InChI=1S/C27H29N3O5/c31-25(29-13-7-1-2-8-14-29)17-30-16-21(20-9-3-4-10-22(20)30)26(32)27(33)28-15-19-18-34-23-11-5-6-12-24(23)35-19/h3-6,9-12,16,19H,1-2,7-8,13-15,17-18H2,(H,28,33). The van der Waals surface area contributed by atoms with Gasteiger partial charge >= 0.3 is 0 Å². The Balaban J connectivity index is 1.27. The predicted molar refractivity (Wildman–Crippen MR) is 131 cm³/mol. The Morgan fingerprint density at radius 1 is 0.914 bits per heavy atom. The Morgan fingerprint density at radius 3 is 2.43 bits per heavy atom. The van der Waals surface area contributed by atoms with E-state index in [1.54, 1.807) is 22.9 Å². The number of amides is 2. The van der Waals surface area contributed by atoms with Gasteiger partial charge in [0, 0.05) is 30.2 Å². The number of carbonyl (C=O) groups is 3. The smallest absolute Gasteiger partial charge is 0.292 e. The SMILES string of the molecule is O=C(NCC1COc2ccccc2O1)C(=O)c1cn(CC(=O)N2CCCCCC2)c2ccccc12. The van der Waals surface area contributed by atoms with Crippen LogP contribution in [0.4, 0.5) is 0 Å². The number of nitrogens with zero attached hydrogens (tertiary/aromatic N) is 2. The molecule has 2 aliphatic heterocycles. The van der Waals surface area contributed by atoms with Crippen molar-refractivity contribution in [1.82, 2.24) is 14.8 Å². The lowest BCUT2D eigenvalue weighted by molar-refractivity contribution is -0.131. The van der Waals surface area contributed by atoms with Crippen molar-refractivity contribution in [3.05, 3.63) is 60.3 Å². The van der Waals surface area contributed by atoms with Crippen molar-refractivity contribution in [3.8, 4) is 11.5 Å². The summed E-state index contributed by atoms with van der Waals surface area (Å²) in [4.78, 5) is 40.7. The first-order chi connectivity index (χ1) is 17.1. The topological polar surface area (TPSA) is 89.9 Å². The van der Waals surface area contributed by atoms with Gasteiger partial charge in [0.15, 0.2) is 11.5 Å². The van der Waals surface area contributed by atoms with Crippen LogP contribution in [0.15, 0.2) is 54.7 Å². The highest BCUT2D eigenvalue weighted by Gasteiger charge is 2.26. The maximum atomic E-state index is 13.1. The molecule has 0 aliphatic carbocycles. The largest absolute Gasteiger partial charge is 0.486 e. The summed E-state index contributed by atoms with van der Waals surface area (Å²) in [6.45, 7) is 2.10. The fourth-order valence-electron chi connectivity index (χ4n) is 4.70. The normalized spacial score (nSPS) is 17.6. The minimum atomic E-state index is -0.714. The van der Waals surface area contributed by atoms with E-state index in [4.69, 9.17) is 9.47 Å². The summed E-state index contributed by atoms with van der Waals surface area (Å²) in [7, 11) is 0. The first-order valence-electron chi connectivity index (χ1n) is 12.2. The van der Waals surface area contributed by atoms with Crippen LogP contribution in [-0.2, 0) is 16.1 Å². The highest BCUT2D eigenvalue weighted by Crippen LogP contribution is 2.30. The second kappa shape index (κ2) is 10.2. The lowest BCUT2D eigenvalue weighted by Gasteiger charge is -2.26. The number of aromatic nitrogens is 1. The second-order valence-electron chi connectivity index (χ2n) is 9.02. The molecule has 0 bridgehead atoms. The fraction of sp³-hybridized carbons (Fsp3) is 0.370. The van der Waals surface area contributed by atoms with Crippen LogP contribution < -0.4 is 14.8 Å². The molecule has 8 heteroatoms. The lowest BCUT2D eigenvalue weighted by Crippen LogP contribution is -2.42. The molecule has 0 spiro atoms. The first kappa shape index (κ1) is 23.0. The van der Waals surface area contributed by atoms with Crippen LogP contribution >= 0.6 is 0 Å². The monoisotopic (exact) mass is 475 g/mol. The summed E-state index contributed by atoms with van der Waals surface area (Å²) in [5, 5.41) is 3.33. The van der Waals surface area contributed by atoms with Crippen LogP contribution in [0, 0.1) is 0 Å². The molecule has 2 amide bonds. The van der Waals surface area contributed by atoms with Gasteiger partial charge in [-0.3, -0.25) is 14.4 Å². The van der Waals surface area contributed by atoms with Gasteiger partial charge in [0.05, 0.1) is 12.1 Å². The zero-order valence-corrected chi connectivity index (χ0v) is 19.6. The van der Waals surface area contributed by atoms with E-state index >= 15 is 0 Å². The molecule has 1 atom stereocenters. The number of rotatable bonds is 6. The van der Waals surface area contributed by atoms with Gasteiger partial charge in [-0.05, 0) is 31.0 Å². The van der Waals surface area contributed by atoms with Crippen molar-refractivity contribution in [2.75, 3.05) is 26.2 Å². The minimum Gasteiger partial charge on any atom is -0.486 e. The molecule has 2 aromatic carbocycles. The third-order valence-corrected chi connectivity index (χ3v) is 6.56. The molecule has 182 valence electrons. The number of benzene rings is 2. The molecule has 8 nitrogen and oxygen atoms in total. The van der Waals surface area contributed by atoms with Gasteiger partial charge in [-0.2, -0.15) is 0 Å². The van der Waals surface area contributed by atoms with Crippen molar-refractivity contribution in [1.29, 1.82) is 0 Å². The highest BCUT2D eigenvalue weighted by atomic mass is 16.6. The van der Waals surface area contributed by atoms with Crippen LogP contribution in [-0.4, -0.2) is 59.4 Å². The van der Waals surface area contributed by atoms with E-state index in [-0.39, 0.29) is 31.2 Å². The molecule has 1 saturated heterocycles. The number of ether oxygens (including phenoxy) is 2. The maximum absolute atomic E-state index is 13.1. The summed E-state index contributed by atoms with van der Waals surface area (Å²) in [5.41, 5.74) is 1.04. The van der Waals surface area contributed by atoms with E-state index < -0.39 is 17.8 Å². The van der Waals surface area contributed by atoms with E-state index in [0.717, 1.165) is 44.3 Å². The zero-order chi connectivity index (χ0) is 24.2. The molecule has 3 heterocycles. The molecular formula is C27H29N3O5. The number of hydrogen-bond acceptors (Lipinski definition) is 5. The number of para-hydroxylation sites is 3. The number of fused-ring (bicyclic) bond motifs is 2. The van der Waals surface area contributed by atoms with Gasteiger partial charge < -0.3 is 24.3 Å². The van der Waals surface area contributed by atoms with Gasteiger partial charge in [0.2, 0.25) is 5.91 Å². The molecular weight excluding hydrogens is 446 g/mol. The number of hydrogen-bond donors (Lipinski definition) is 1. The van der Waals surface area contributed by atoms with Crippen LogP contribution in [0.3, 0.4) is 0 Å². The fourth-order valence-corrected chi connectivity index (χ4v) is 4.70. The Morgan fingerprint density at radius 2 is 1.63 bits per heavy atom. The average Bonchev–Trinajstić information content (AvgIpc) is 3.05. The van der Waals surface area contributed by atoms with Crippen molar-refractivity contribution >= 4 is 28.5 Å². The van der Waals surface area contributed by atoms with E-state index in [9.17, 15) is 14.4 Å². The molecule has 1 fully saturated rings. The molecule has 0 radical (unpaired) electrons. The summed E-state index contributed by atoms with van der Waals surface area (Å²) < 4.78 is 13.3. The van der Waals surface area contributed by atoms with Crippen LogP contribution in [0.1, 0.15) is 36.0 Å². The Bertz CT molecular complexity index is 1240. The van der Waals surface area contributed by atoms with Gasteiger partial charge in [-0.1, -0.05) is 43.2 Å². The van der Waals surface area contributed by atoms with E-state index in [0.29, 0.717) is 16.9 Å². The van der Waals surface area contributed by atoms with E-state index in [1.807, 2.05) is 41.3 Å². The quantitative estimate of drug-likeness (QED) is 0.437. The summed E-state index contributed by atoms with van der Waals surface area (Å²) in [5.74, 6) is -0.0468. The Hall–Kier alpha value is -3.81. The second-order valence-corrected chi connectivity index (χ2v) is 9.02. The predicted octanol–water partition coefficient (Wildman–Crippen LogP) is 3.18. The number of likely N-dealkylation sites (tertiary alicyclic amines) is 1. The van der Waals surface area contributed by atoms with Crippen molar-refractivity contribution in [3.63, 3.8) is 0 Å². The minimum absolute atomic E-state index is 0.0332. The number of nitrogens with one attached hydrogen (secondary N) is 1. The number of ketones is 1. The van der Waals surface area contributed by atoms with E-state index in [1.165, 1.54) is 0 Å². The summed E-state index contributed by atoms with van der Waals surface area (Å²) in [6.07, 6.45) is 5.56. The third-order valence-electron chi connectivity index (χ3n) is 6.56. The molecule has 3 aromatic rings. The van der Waals surface area contributed by atoms with Crippen LogP contribution in [0.25, 0.3) is 10.9 Å². The summed E-state index contributed by atoms with van der Waals surface area (Å²) >= 11 is 0. The van der Waals surface area contributed by atoms with Crippen molar-refractivity contribution < 1.29 is 23.9 Å². The third kappa shape index (κ3) is 5.01. The molecule has 2 aliphatic rings. The molecule has 1 aromatic heterocycles. The zero-order valence-electron chi connectivity index (χ0n) is 19.6. The first-order valence-corrected chi connectivity index (χ1v) is 12.2.